The molecular weight excluding hydrogens is 272 g/mol. The molecule has 1 aliphatic rings. The predicted molar refractivity (Wildman–Crippen MR) is 64.7 cm³/mol. The van der Waals surface area contributed by atoms with Crippen LogP contribution in [0.5, 0.6) is 0 Å². The molecule has 1 atom stereocenters. The Morgan fingerprint density at radius 3 is 2.75 bits per heavy atom. The van der Waals surface area contributed by atoms with Crippen molar-refractivity contribution >= 4 is 11.9 Å². The van der Waals surface area contributed by atoms with Crippen LogP contribution in [0.15, 0.2) is 12.4 Å². The second kappa shape index (κ2) is 5.18. The molecule has 0 radical (unpaired) electrons. The predicted octanol–water partition coefficient (Wildman–Crippen LogP) is 1.40. The highest BCUT2D eigenvalue weighted by Gasteiger charge is 2.38. The molecule has 1 amide bonds. The number of halogens is 2. The van der Waals surface area contributed by atoms with Gasteiger partial charge in [-0.3, -0.25) is 9.48 Å². The molecule has 6 nitrogen and oxygen atoms in total. The smallest absolute Gasteiger partial charge is 0.338 e. The van der Waals surface area contributed by atoms with E-state index in [2.05, 4.69) is 5.10 Å². The quantitative estimate of drug-likeness (QED) is 0.911. The van der Waals surface area contributed by atoms with E-state index in [-0.39, 0.29) is 24.9 Å². The molecule has 0 aromatic carbocycles. The van der Waals surface area contributed by atoms with Gasteiger partial charge in [-0.1, -0.05) is 0 Å². The van der Waals surface area contributed by atoms with Gasteiger partial charge in [0.05, 0.1) is 18.3 Å². The Hall–Kier alpha value is -1.99. The van der Waals surface area contributed by atoms with Gasteiger partial charge in [0.2, 0.25) is 5.91 Å². The van der Waals surface area contributed by atoms with E-state index in [1.54, 1.807) is 0 Å². The third kappa shape index (κ3) is 2.94. The number of carboxylic acid groups (broad SMARTS) is 1. The van der Waals surface area contributed by atoms with E-state index in [9.17, 15) is 18.4 Å². The minimum Gasteiger partial charge on any atom is -0.478 e. The summed E-state index contributed by atoms with van der Waals surface area (Å²) in [6.45, 7) is 1.20. The van der Waals surface area contributed by atoms with Crippen LogP contribution >= 0.6 is 0 Å². The summed E-state index contributed by atoms with van der Waals surface area (Å²) in [5.41, 5.74) is -0.0476. The van der Waals surface area contributed by atoms with Crippen molar-refractivity contribution in [3.05, 3.63) is 18.0 Å². The van der Waals surface area contributed by atoms with Crippen molar-refractivity contribution < 1.29 is 23.5 Å². The molecule has 1 aromatic heterocycles. The fourth-order valence-electron chi connectivity index (χ4n) is 2.19. The lowest BCUT2D eigenvalue weighted by molar-refractivity contribution is -0.144. The molecule has 1 aromatic rings. The van der Waals surface area contributed by atoms with Crippen LogP contribution in [0.4, 0.5) is 8.78 Å². The molecule has 2 heterocycles. The van der Waals surface area contributed by atoms with E-state index in [1.807, 2.05) is 0 Å². The zero-order chi connectivity index (χ0) is 14.9. The summed E-state index contributed by atoms with van der Waals surface area (Å²) >= 11 is 0. The van der Waals surface area contributed by atoms with Crippen LogP contribution in [-0.4, -0.2) is 50.7 Å². The number of carbonyl (C=O) groups excluding carboxylic acids is 1. The third-order valence-electron chi connectivity index (χ3n) is 3.31. The first-order valence-electron chi connectivity index (χ1n) is 6.24. The molecule has 110 valence electrons. The summed E-state index contributed by atoms with van der Waals surface area (Å²) in [5, 5.41) is 12.6. The highest BCUT2D eigenvalue weighted by atomic mass is 19.3. The number of nitrogens with zero attached hydrogens (tertiary/aromatic N) is 3. The number of aromatic nitrogens is 2. The van der Waals surface area contributed by atoms with Crippen molar-refractivity contribution in [2.24, 2.45) is 0 Å². The number of rotatable bonds is 3. The molecule has 0 saturated carbocycles. The molecular formula is C12H15F2N3O3. The van der Waals surface area contributed by atoms with Crippen molar-refractivity contribution in [1.29, 1.82) is 0 Å². The van der Waals surface area contributed by atoms with Gasteiger partial charge in [0.15, 0.2) is 0 Å². The number of piperidine rings is 1. The van der Waals surface area contributed by atoms with Gasteiger partial charge >= 0.3 is 5.97 Å². The van der Waals surface area contributed by atoms with Gasteiger partial charge in [-0.15, -0.1) is 0 Å². The van der Waals surface area contributed by atoms with Gasteiger partial charge in [-0.2, -0.15) is 5.10 Å². The lowest BCUT2D eigenvalue weighted by Crippen LogP contribution is -2.47. The average Bonchev–Trinajstić information content (AvgIpc) is 2.85. The molecule has 1 saturated heterocycles. The van der Waals surface area contributed by atoms with Crippen molar-refractivity contribution in [2.75, 3.05) is 13.1 Å². The average molecular weight is 287 g/mol. The highest BCUT2D eigenvalue weighted by Crippen LogP contribution is 2.27. The summed E-state index contributed by atoms with van der Waals surface area (Å²) in [6, 6.07) is -0.808. The summed E-state index contributed by atoms with van der Waals surface area (Å²) in [5.74, 6) is -4.49. The molecule has 20 heavy (non-hydrogen) atoms. The highest BCUT2D eigenvalue weighted by molar-refractivity contribution is 5.87. The first-order valence-corrected chi connectivity index (χ1v) is 6.24. The maximum absolute atomic E-state index is 13.3. The molecule has 1 N–H and O–H groups in total. The molecule has 0 spiro atoms. The first-order chi connectivity index (χ1) is 9.30. The van der Waals surface area contributed by atoms with Crippen LogP contribution in [0.3, 0.4) is 0 Å². The van der Waals surface area contributed by atoms with Crippen LogP contribution < -0.4 is 0 Å². The van der Waals surface area contributed by atoms with Crippen LogP contribution in [0.2, 0.25) is 0 Å². The topological polar surface area (TPSA) is 75.4 Å². The van der Waals surface area contributed by atoms with Gasteiger partial charge in [-0.05, 0) is 13.3 Å². The van der Waals surface area contributed by atoms with Gasteiger partial charge in [0.25, 0.3) is 5.92 Å². The minimum atomic E-state index is -2.86. The number of amides is 1. The zero-order valence-corrected chi connectivity index (χ0v) is 10.9. The standard InChI is InChI=1S/C12H15F2N3O3/c1-8(17-6-9(5-15-17)11(19)20)10(18)16-4-2-3-12(13,14)7-16/h5-6,8H,2-4,7H2,1H3,(H,19,20). The molecule has 2 rings (SSSR count). The Labute approximate surface area is 114 Å². The van der Waals surface area contributed by atoms with Crippen molar-refractivity contribution in [3.8, 4) is 0 Å². The zero-order valence-electron chi connectivity index (χ0n) is 10.9. The van der Waals surface area contributed by atoms with Gasteiger partial charge in [-0.25, -0.2) is 13.6 Å². The summed E-state index contributed by atoms with van der Waals surface area (Å²) in [7, 11) is 0. The van der Waals surface area contributed by atoms with Gasteiger partial charge < -0.3 is 10.0 Å². The van der Waals surface area contributed by atoms with Crippen LogP contribution in [0, 0.1) is 0 Å². The monoisotopic (exact) mass is 287 g/mol. The van der Waals surface area contributed by atoms with Crippen LogP contribution in [0.25, 0.3) is 0 Å². The second-order valence-electron chi connectivity index (χ2n) is 4.91. The van der Waals surface area contributed by atoms with E-state index in [1.165, 1.54) is 17.8 Å². The van der Waals surface area contributed by atoms with E-state index < -0.39 is 30.4 Å². The fourth-order valence-corrected chi connectivity index (χ4v) is 2.19. The number of hydrogen-bond acceptors (Lipinski definition) is 3. The molecule has 1 unspecified atom stereocenters. The Kier molecular flexibility index (Phi) is 3.74. The lowest BCUT2D eigenvalue weighted by Gasteiger charge is -2.34. The fraction of sp³-hybridized carbons (Fsp3) is 0.583. The SMILES string of the molecule is CC(C(=O)N1CCCC(F)(F)C1)n1cc(C(=O)O)cn1. The van der Waals surface area contributed by atoms with E-state index in [4.69, 9.17) is 5.11 Å². The largest absolute Gasteiger partial charge is 0.478 e. The molecule has 8 heteroatoms. The Bertz CT molecular complexity index is 530. The first kappa shape index (κ1) is 14.4. The van der Waals surface area contributed by atoms with E-state index in [0.29, 0.717) is 0 Å². The molecule has 0 bridgehead atoms. The summed E-state index contributed by atoms with van der Waals surface area (Å²) in [4.78, 5) is 24.0. The Morgan fingerprint density at radius 1 is 1.50 bits per heavy atom. The third-order valence-corrected chi connectivity index (χ3v) is 3.31. The Balaban J connectivity index is 2.09. The molecule has 0 aliphatic carbocycles. The van der Waals surface area contributed by atoms with Gasteiger partial charge in [0.1, 0.15) is 6.04 Å². The lowest BCUT2D eigenvalue weighted by atomic mass is 10.1. The number of carbonyl (C=O) groups is 2. The van der Waals surface area contributed by atoms with E-state index >= 15 is 0 Å². The summed E-state index contributed by atoms with van der Waals surface area (Å²) in [6.07, 6.45) is 2.38. The normalized spacial score (nSPS) is 19.6. The van der Waals surface area contributed by atoms with Crippen LogP contribution in [-0.2, 0) is 4.79 Å². The maximum Gasteiger partial charge on any atom is 0.338 e. The number of likely N-dealkylation sites (tertiary alicyclic amines) is 1. The molecule has 1 aliphatic heterocycles. The van der Waals surface area contributed by atoms with Crippen LogP contribution in [0.1, 0.15) is 36.2 Å². The minimum absolute atomic E-state index is 0.0476. The maximum atomic E-state index is 13.3. The molecule has 1 fully saturated rings. The number of alkyl halides is 2. The van der Waals surface area contributed by atoms with Crippen molar-refractivity contribution in [1.82, 2.24) is 14.7 Å². The number of carboxylic acids is 1. The summed E-state index contributed by atoms with van der Waals surface area (Å²) < 4.78 is 27.8. The van der Waals surface area contributed by atoms with E-state index in [0.717, 1.165) is 11.1 Å². The second-order valence-corrected chi connectivity index (χ2v) is 4.91. The Morgan fingerprint density at radius 2 is 2.20 bits per heavy atom. The van der Waals surface area contributed by atoms with Gasteiger partial charge in [0, 0.05) is 19.2 Å². The van der Waals surface area contributed by atoms with Crippen molar-refractivity contribution in [3.63, 3.8) is 0 Å². The van der Waals surface area contributed by atoms with Crippen molar-refractivity contribution in [2.45, 2.75) is 31.7 Å². The number of hydrogen-bond donors (Lipinski definition) is 1. The number of aromatic carboxylic acids is 1.